The third-order valence-corrected chi connectivity index (χ3v) is 4.74. The Morgan fingerprint density at radius 3 is 2.62 bits per heavy atom. The monoisotopic (exact) mass is 393 g/mol. The molecule has 2 N–H and O–H groups in total. The van der Waals surface area contributed by atoms with Crippen LogP contribution in [0.2, 0.25) is 0 Å². The summed E-state index contributed by atoms with van der Waals surface area (Å²) in [6, 6.07) is 15.6. The van der Waals surface area contributed by atoms with Gasteiger partial charge in [0.2, 0.25) is 0 Å². The predicted molar refractivity (Wildman–Crippen MR) is 107 cm³/mol. The van der Waals surface area contributed by atoms with Crippen LogP contribution in [0.3, 0.4) is 0 Å². The number of furan rings is 1. The van der Waals surface area contributed by atoms with E-state index in [4.69, 9.17) is 13.6 Å². The number of rotatable bonds is 5. The molecule has 0 aliphatic heterocycles. The van der Waals surface area contributed by atoms with E-state index in [0.29, 0.717) is 22.5 Å². The van der Waals surface area contributed by atoms with Crippen LogP contribution in [-0.4, -0.2) is 24.7 Å². The Balaban J connectivity index is 1.57. The van der Waals surface area contributed by atoms with Crippen LogP contribution in [0.4, 0.5) is 0 Å². The molecular formula is C22H19NO6. The van der Waals surface area contributed by atoms with Crippen molar-refractivity contribution in [3.05, 3.63) is 76.3 Å². The number of para-hydroxylation sites is 2. The summed E-state index contributed by atoms with van der Waals surface area (Å²) in [5.74, 6) is 0.0634. The lowest BCUT2D eigenvalue weighted by atomic mass is 10.0. The molecule has 0 aliphatic carbocycles. The Morgan fingerprint density at radius 2 is 1.86 bits per heavy atom. The van der Waals surface area contributed by atoms with Crippen molar-refractivity contribution in [2.24, 2.45) is 0 Å². The van der Waals surface area contributed by atoms with E-state index in [2.05, 4.69) is 5.32 Å². The molecule has 0 bridgehead atoms. The fourth-order valence-electron chi connectivity index (χ4n) is 3.12. The first-order chi connectivity index (χ1) is 13.9. The summed E-state index contributed by atoms with van der Waals surface area (Å²) in [7, 11) is 1.47. The number of amides is 1. The minimum Gasteiger partial charge on any atom is -0.493 e. The SMILES string of the molecule is COc1cccc2cc(C(=O)NC[C@@](C)(O)c3cc4ccccc4o3)c(=O)oc12. The fraction of sp³-hybridized carbons (Fsp3) is 0.182. The minimum absolute atomic E-state index is 0.152. The first-order valence-corrected chi connectivity index (χ1v) is 8.99. The Bertz CT molecular complexity index is 1230. The van der Waals surface area contributed by atoms with Gasteiger partial charge in [-0.15, -0.1) is 0 Å². The Morgan fingerprint density at radius 1 is 1.10 bits per heavy atom. The van der Waals surface area contributed by atoms with Gasteiger partial charge in [-0.3, -0.25) is 4.79 Å². The summed E-state index contributed by atoms with van der Waals surface area (Å²) in [5, 5.41) is 14.7. The first kappa shape index (κ1) is 18.8. The summed E-state index contributed by atoms with van der Waals surface area (Å²) in [6.45, 7) is 1.37. The Kier molecular flexibility index (Phi) is 4.60. The van der Waals surface area contributed by atoms with Crippen molar-refractivity contribution in [1.82, 2.24) is 5.32 Å². The number of hydrogen-bond donors (Lipinski definition) is 2. The quantitative estimate of drug-likeness (QED) is 0.505. The standard InChI is InChI=1S/C22H19NO6/c1-22(26,18-11-13-6-3-4-8-16(13)28-18)12-23-20(24)15-10-14-7-5-9-17(27-2)19(14)29-21(15)25/h3-11,26H,12H2,1-2H3,(H,23,24)/t22-/m1/s1. The zero-order valence-corrected chi connectivity index (χ0v) is 15.9. The number of ether oxygens (including phenoxy) is 1. The topological polar surface area (TPSA) is 102 Å². The van der Waals surface area contributed by atoms with Crippen LogP contribution in [0.5, 0.6) is 5.75 Å². The van der Waals surface area contributed by atoms with Crippen molar-refractivity contribution >= 4 is 27.8 Å². The molecule has 1 amide bonds. The van der Waals surface area contributed by atoms with Gasteiger partial charge in [0.25, 0.3) is 5.91 Å². The van der Waals surface area contributed by atoms with Crippen LogP contribution in [0, 0.1) is 0 Å². The summed E-state index contributed by atoms with van der Waals surface area (Å²) in [6.07, 6.45) is 0. The third kappa shape index (κ3) is 3.48. The van der Waals surface area contributed by atoms with E-state index in [1.807, 2.05) is 18.2 Å². The minimum atomic E-state index is -1.46. The summed E-state index contributed by atoms with van der Waals surface area (Å²) in [4.78, 5) is 24.9. The lowest BCUT2D eigenvalue weighted by molar-refractivity contribution is 0.0344. The highest BCUT2D eigenvalue weighted by Gasteiger charge is 2.29. The largest absolute Gasteiger partial charge is 0.493 e. The maximum absolute atomic E-state index is 12.6. The maximum atomic E-state index is 12.6. The lowest BCUT2D eigenvalue weighted by Crippen LogP contribution is -2.39. The van der Waals surface area contributed by atoms with E-state index in [9.17, 15) is 14.7 Å². The van der Waals surface area contributed by atoms with Crippen molar-refractivity contribution in [2.45, 2.75) is 12.5 Å². The number of methoxy groups -OCH3 is 1. The van der Waals surface area contributed by atoms with Crippen molar-refractivity contribution < 1.29 is 23.5 Å². The van der Waals surface area contributed by atoms with Crippen LogP contribution >= 0.6 is 0 Å². The maximum Gasteiger partial charge on any atom is 0.349 e. The van der Waals surface area contributed by atoms with Crippen LogP contribution in [0.1, 0.15) is 23.0 Å². The van der Waals surface area contributed by atoms with E-state index in [-0.39, 0.29) is 17.7 Å². The molecule has 0 radical (unpaired) electrons. The molecule has 0 aliphatic rings. The number of hydrogen-bond acceptors (Lipinski definition) is 6. The second-order valence-electron chi connectivity index (χ2n) is 6.93. The zero-order valence-electron chi connectivity index (χ0n) is 15.9. The van der Waals surface area contributed by atoms with Gasteiger partial charge in [-0.1, -0.05) is 30.3 Å². The Labute approximate surface area is 165 Å². The fourth-order valence-corrected chi connectivity index (χ4v) is 3.12. The summed E-state index contributed by atoms with van der Waals surface area (Å²) >= 11 is 0. The van der Waals surface area contributed by atoms with Gasteiger partial charge in [0.05, 0.1) is 13.7 Å². The molecule has 4 rings (SSSR count). The van der Waals surface area contributed by atoms with Gasteiger partial charge in [0.15, 0.2) is 11.3 Å². The average molecular weight is 393 g/mol. The average Bonchev–Trinajstić information content (AvgIpc) is 3.16. The molecule has 148 valence electrons. The van der Waals surface area contributed by atoms with Crippen LogP contribution < -0.4 is 15.7 Å². The van der Waals surface area contributed by atoms with Crippen molar-refractivity contribution in [3.63, 3.8) is 0 Å². The molecule has 0 saturated heterocycles. The molecule has 7 nitrogen and oxygen atoms in total. The molecule has 7 heteroatoms. The van der Waals surface area contributed by atoms with E-state index < -0.39 is 17.1 Å². The predicted octanol–water partition coefficient (Wildman–Crippen LogP) is 3.19. The van der Waals surface area contributed by atoms with Crippen LogP contribution in [0.15, 0.2) is 68.2 Å². The van der Waals surface area contributed by atoms with Crippen LogP contribution in [0.25, 0.3) is 21.9 Å². The first-order valence-electron chi connectivity index (χ1n) is 8.99. The molecule has 29 heavy (non-hydrogen) atoms. The number of fused-ring (bicyclic) bond motifs is 2. The second kappa shape index (κ2) is 7.10. The highest BCUT2D eigenvalue weighted by molar-refractivity contribution is 5.97. The molecule has 1 atom stereocenters. The number of aliphatic hydroxyl groups is 1. The molecule has 0 fully saturated rings. The van der Waals surface area contributed by atoms with E-state index in [0.717, 1.165) is 5.39 Å². The molecule has 0 saturated carbocycles. The number of carbonyl (C=O) groups is 1. The van der Waals surface area contributed by atoms with Crippen LogP contribution in [-0.2, 0) is 5.60 Å². The molecule has 0 unspecified atom stereocenters. The van der Waals surface area contributed by atoms with Gasteiger partial charge in [-0.25, -0.2) is 4.79 Å². The molecule has 4 aromatic rings. The molecule has 2 aromatic carbocycles. The van der Waals surface area contributed by atoms with Crippen molar-refractivity contribution in [2.75, 3.05) is 13.7 Å². The van der Waals surface area contributed by atoms with E-state index in [1.165, 1.54) is 20.1 Å². The van der Waals surface area contributed by atoms with Gasteiger partial charge in [0, 0.05) is 10.8 Å². The number of carbonyl (C=O) groups excluding carboxylic acids is 1. The van der Waals surface area contributed by atoms with Gasteiger partial charge in [-0.2, -0.15) is 0 Å². The summed E-state index contributed by atoms with van der Waals surface area (Å²) in [5.41, 5.74) is -1.51. The van der Waals surface area contributed by atoms with Gasteiger partial charge in [-0.05, 0) is 31.2 Å². The molecule has 2 aromatic heterocycles. The Hall–Kier alpha value is -3.58. The van der Waals surface area contributed by atoms with E-state index >= 15 is 0 Å². The van der Waals surface area contributed by atoms with Gasteiger partial charge >= 0.3 is 5.63 Å². The normalized spacial score (nSPS) is 13.3. The van der Waals surface area contributed by atoms with Gasteiger partial charge in [0.1, 0.15) is 22.5 Å². The molecule has 2 heterocycles. The zero-order chi connectivity index (χ0) is 20.6. The van der Waals surface area contributed by atoms with E-state index in [1.54, 1.807) is 30.3 Å². The highest BCUT2D eigenvalue weighted by Crippen LogP contribution is 2.28. The molecule has 0 spiro atoms. The third-order valence-electron chi connectivity index (χ3n) is 4.74. The number of nitrogens with one attached hydrogen (secondary N) is 1. The second-order valence-corrected chi connectivity index (χ2v) is 6.93. The lowest BCUT2D eigenvalue weighted by Gasteiger charge is -2.21. The van der Waals surface area contributed by atoms with Crippen molar-refractivity contribution in [3.8, 4) is 5.75 Å². The molecular weight excluding hydrogens is 374 g/mol. The smallest absolute Gasteiger partial charge is 0.349 e. The number of benzene rings is 2. The highest BCUT2D eigenvalue weighted by atomic mass is 16.5. The summed E-state index contributed by atoms with van der Waals surface area (Å²) < 4.78 is 16.1. The van der Waals surface area contributed by atoms with Crippen molar-refractivity contribution in [1.29, 1.82) is 0 Å². The van der Waals surface area contributed by atoms with Gasteiger partial charge < -0.3 is 24.0 Å².